The number of aliphatic hydroxyl groups excluding tert-OH is 1. The van der Waals surface area contributed by atoms with Gasteiger partial charge in [-0.25, -0.2) is 14.5 Å². The highest BCUT2D eigenvalue weighted by molar-refractivity contribution is 7.98. The van der Waals surface area contributed by atoms with E-state index in [-0.39, 0.29) is 5.02 Å². The first-order chi connectivity index (χ1) is 14.1. The van der Waals surface area contributed by atoms with Crippen molar-refractivity contribution in [3.8, 4) is 5.75 Å². The van der Waals surface area contributed by atoms with E-state index >= 15 is 0 Å². The standard InChI is InChI=1S/C19H22Cl2N4O3S/c1-27-8-4-3-5-9-28-14-7-6-12(20)16(21)15(14)17(26)13-10-22-18-19(29-2)23-11-24-25(13)18/h6-7,10-11,17,26H,3-5,8-9H2,1-2H3. The molecule has 0 spiro atoms. The van der Waals surface area contributed by atoms with Crippen LogP contribution in [0.15, 0.2) is 29.7 Å². The second kappa shape index (κ2) is 10.4. The molecule has 3 rings (SSSR count). The number of hydrogen-bond acceptors (Lipinski definition) is 7. The fourth-order valence-corrected chi connectivity index (χ4v) is 3.83. The first-order valence-electron chi connectivity index (χ1n) is 9.08. The number of hydrogen-bond donors (Lipinski definition) is 1. The van der Waals surface area contributed by atoms with Crippen molar-refractivity contribution in [2.24, 2.45) is 0 Å². The molecule has 0 saturated heterocycles. The number of thioether (sulfide) groups is 1. The number of aliphatic hydroxyl groups is 1. The number of imidazole rings is 1. The van der Waals surface area contributed by atoms with Crippen LogP contribution < -0.4 is 4.74 Å². The SMILES string of the molecule is COCCCCCOc1ccc(Cl)c(Cl)c1C(O)c1cnc2c(SC)ncnn12. The zero-order chi connectivity index (χ0) is 20.8. The van der Waals surface area contributed by atoms with Gasteiger partial charge >= 0.3 is 0 Å². The molecule has 1 aromatic carbocycles. The smallest absolute Gasteiger partial charge is 0.186 e. The molecular formula is C19H22Cl2N4O3S. The highest BCUT2D eigenvalue weighted by Crippen LogP contribution is 2.40. The van der Waals surface area contributed by atoms with Crippen LogP contribution in [-0.4, -0.2) is 51.3 Å². The van der Waals surface area contributed by atoms with Gasteiger partial charge in [0.15, 0.2) is 5.65 Å². The molecule has 0 bridgehead atoms. The number of halogens is 2. The van der Waals surface area contributed by atoms with Gasteiger partial charge in [-0.15, -0.1) is 11.8 Å². The number of benzene rings is 1. The Kier molecular flexibility index (Phi) is 7.97. The molecule has 0 amide bonds. The number of fused-ring (bicyclic) bond motifs is 1. The summed E-state index contributed by atoms with van der Waals surface area (Å²) >= 11 is 14.1. The van der Waals surface area contributed by atoms with Crippen LogP contribution >= 0.6 is 35.0 Å². The lowest BCUT2D eigenvalue weighted by Crippen LogP contribution is -2.10. The van der Waals surface area contributed by atoms with Crippen molar-refractivity contribution in [3.05, 3.63) is 46.0 Å². The Morgan fingerprint density at radius 2 is 1.97 bits per heavy atom. The minimum Gasteiger partial charge on any atom is -0.493 e. The molecule has 156 valence electrons. The molecule has 0 saturated carbocycles. The van der Waals surface area contributed by atoms with Gasteiger partial charge in [0.1, 0.15) is 23.2 Å². The number of methoxy groups -OCH3 is 1. The summed E-state index contributed by atoms with van der Waals surface area (Å²) in [6.45, 7) is 1.22. The molecule has 3 aromatic rings. The maximum atomic E-state index is 11.1. The minimum absolute atomic E-state index is 0.241. The van der Waals surface area contributed by atoms with Crippen molar-refractivity contribution in [1.82, 2.24) is 19.6 Å². The Morgan fingerprint density at radius 3 is 2.72 bits per heavy atom. The molecule has 0 aliphatic heterocycles. The monoisotopic (exact) mass is 456 g/mol. The van der Waals surface area contributed by atoms with E-state index in [4.69, 9.17) is 32.7 Å². The molecule has 0 aliphatic carbocycles. The molecule has 10 heteroatoms. The lowest BCUT2D eigenvalue weighted by atomic mass is 10.1. The van der Waals surface area contributed by atoms with Gasteiger partial charge in [0, 0.05) is 19.3 Å². The van der Waals surface area contributed by atoms with E-state index in [2.05, 4.69) is 15.1 Å². The largest absolute Gasteiger partial charge is 0.493 e. The summed E-state index contributed by atoms with van der Waals surface area (Å²) in [7, 11) is 1.69. The summed E-state index contributed by atoms with van der Waals surface area (Å²) in [5.74, 6) is 0.479. The van der Waals surface area contributed by atoms with Gasteiger partial charge in [-0.3, -0.25) is 0 Å². The van der Waals surface area contributed by atoms with Gasteiger partial charge in [0.25, 0.3) is 0 Å². The molecule has 0 fully saturated rings. The lowest BCUT2D eigenvalue weighted by molar-refractivity contribution is 0.187. The summed E-state index contributed by atoms with van der Waals surface area (Å²) in [5.41, 5.74) is 1.40. The third kappa shape index (κ3) is 4.95. The average Bonchev–Trinajstić information content (AvgIpc) is 3.17. The maximum absolute atomic E-state index is 11.1. The fourth-order valence-electron chi connectivity index (χ4n) is 2.93. The van der Waals surface area contributed by atoms with Gasteiger partial charge < -0.3 is 14.6 Å². The third-order valence-electron chi connectivity index (χ3n) is 4.39. The van der Waals surface area contributed by atoms with Gasteiger partial charge in [-0.05, 0) is 37.7 Å². The first kappa shape index (κ1) is 22.1. The molecule has 0 radical (unpaired) electrons. The quantitative estimate of drug-likeness (QED) is 0.356. The summed E-state index contributed by atoms with van der Waals surface area (Å²) in [4.78, 5) is 8.55. The first-order valence-corrected chi connectivity index (χ1v) is 11.1. The van der Waals surface area contributed by atoms with Crippen LogP contribution in [0.3, 0.4) is 0 Å². The molecule has 0 aliphatic rings. The van der Waals surface area contributed by atoms with Crippen LogP contribution in [0, 0.1) is 0 Å². The number of unbranched alkanes of at least 4 members (excludes halogenated alkanes) is 2. The number of ether oxygens (including phenoxy) is 2. The van der Waals surface area contributed by atoms with Crippen LogP contribution in [-0.2, 0) is 4.74 Å². The minimum atomic E-state index is -1.12. The van der Waals surface area contributed by atoms with E-state index < -0.39 is 6.10 Å². The summed E-state index contributed by atoms with van der Waals surface area (Å²) in [6.07, 6.45) is 6.57. The van der Waals surface area contributed by atoms with Crippen molar-refractivity contribution < 1.29 is 14.6 Å². The Hall–Kier alpha value is -1.58. The van der Waals surface area contributed by atoms with E-state index in [0.29, 0.717) is 39.3 Å². The summed E-state index contributed by atoms with van der Waals surface area (Å²) in [6, 6.07) is 3.37. The Balaban J connectivity index is 1.88. The maximum Gasteiger partial charge on any atom is 0.186 e. The number of aromatic nitrogens is 4. The Morgan fingerprint density at radius 1 is 1.17 bits per heavy atom. The lowest BCUT2D eigenvalue weighted by Gasteiger charge is -2.18. The molecule has 1 unspecified atom stereocenters. The van der Waals surface area contributed by atoms with E-state index in [1.54, 1.807) is 30.0 Å². The van der Waals surface area contributed by atoms with Gasteiger partial charge in [-0.1, -0.05) is 23.2 Å². The van der Waals surface area contributed by atoms with Crippen molar-refractivity contribution in [1.29, 1.82) is 0 Å². The van der Waals surface area contributed by atoms with Crippen LogP contribution in [0.1, 0.15) is 36.6 Å². The molecule has 1 N–H and O–H groups in total. The number of nitrogens with zero attached hydrogens (tertiary/aromatic N) is 4. The van der Waals surface area contributed by atoms with Crippen molar-refractivity contribution in [2.45, 2.75) is 30.4 Å². The molecule has 2 heterocycles. The van der Waals surface area contributed by atoms with Crippen LogP contribution in [0.4, 0.5) is 0 Å². The molecular weight excluding hydrogens is 435 g/mol. The highest BCUT2D eigenvalue weighted by atomic mass is 35.5. The topological polar surface area (TPSA) is 81.8 Å². The molecule has 1 atom stereocenters. The van der Waals surface area contributed by atoms with Crippen LogP contribution in [0.2, 0.25) is 10.0 Å². The zero-order valence-corrected chi connectivity index (χ0v) is 18.5. The molecule has 29 heavy (non-hydrogen) atoms. The second-order valence-corrected chi connectivity index (χ2v) is 7.85. The van der Waals surface area contributed by atoms with Gasteiger partial charge in [-0.2, -0.15) is 5.10 Å². The van der Waals surface area contributed by atoms with Crippen molar-refractivity contribution in [3.63, 3.8) is 0 Å². The predicted molar refractivity (Wildman–Crippen MR) is 114 cm³/mol. The second-order valence-electron chi connectivity index (χ2n) is 6.27. The highest BCUT2D eigenvalue weighted by Gasteiger charge is 2.25. The van der Waals surface area contributed by atoms with Crippen LogP contribution in [0.25, 0.3) is 5.65 Å². The zero-order valence-electron chi connectivity index (χ0n) is 16.1. The summed E-state index contributed by atoms with van der Waals surface area (Å²) < 4.78 is 12.5. The van der Waals surface area contributed by atoms with Gasteiger partial charge in [0.2, 0.25) is 0 Å². The Bertz CT molecular complexity index is 970. The fraction of sp³-hybridized carbons (Fsp3) is 0.421. The van der Waals surface area contributed by atoms with Crippen LogP contribution in [0.5, 0.6) is 5.75 Å². The normalized spacial score (nSPS) is 12.4. The Labute approximate surface area is 183 Å². The average molecular weight is 457 g/mol. The predicted octanol–water partition coefficient (Wildman–Crippen LogP) is 4.43. The molecule has 7 nitrogen and oxygen atoms in total. The number of rotatable bonds is 10. The van der Waals surface area contributed by atoms with E-state index in [1.807, 2.05) is 6.26 Å². The third-order valence-corrected chi connectivity index (χ3v) is 5.88. The molecule has 2 aromatic heterocycles. The van der Waals surface area contributed by atoms with Crippen molar-refractivity contribution in [2.75, 3.05) is 26.6 Å². The van der Waals surface area contributed by atoms with E-state index in [0.717, 1.165) is 25.9 Å². The summed E-state index contributed by atoms with van der Waals surface area (Å²) in [5, 5.41) is 16.6. The van der Waals surface area contributed by atoms with Gasteiger partial charge in [0.05, 0.1) is 28.5 Å². The van der Waals surface area contributed by atoms with E-state index in [1.165, 1.54) is 18.1 Å². The van der Waals surface area contributed by atoms with E-state index in [9.17, 15) is 5.11 Å². The van der Waals surface area contributed by atoms with Crippen molar-refractivity contribution >= 4 is 40.6 Å².